The van der Waals surface area contributed by atoms with Gasteiger partial charge in [-0.2, -0.15) is 0 Å². The van der Waals surface area contributed by atoms with Crippen LogP contribution in [-0.2, 0) is 20.7 Å². The average molecular weight is 428 g/mol. The molecule has 0 saturated carbocycles. The van der Waals surface area contributed by atoms with E-state index in [1.807, 2.05) is 28.0 Å². The van der Waals surface area contributed by atoms with Crippen LogP contribution in [0.25, 0.3) is 0 Å². The Bertz CT molecular complexity index is 822. The molecule has 2 aromatic rings. The van der Waals surface area contributed by atoms with Crippen LogP contribution in [0.5, 0.6) is 0 Å². The summed E-state index contributed by atoms with van der Waals surface area (Å²) in [5, 5.41) is 2.76. The van der Waals surface area contributed by atoms with Crippen molar-refractivity contribution in [2.45, 2.75) is 19.3 Å². The Balaban J connectivity index is 1.25. The minimum atomic E-state index is -0.336. The van der Waals surface area contributed by atoms with Crippen molar-refractivity contribution in [1.29, 1.82) is 0 Å². The summed E-state index contributed by atoms with van der Waals surface area (Å²) in [6.07, 6.45) is 2.08. The second-order valence-electron chi connectivity index (χ2n) is 7.66. The molecule has 1 heterocycles. The molecule has 7 heteroatoms. The molecule has 3 rings (SSSR count). The number of hydrogen-bond acceptors (Lipinski definition) is 4. The van der Waals surface area contributed by atoms with Crippen LogP contribution in [0.4, 0.5) is 10.1 Å². The Labute approximate surface area is 183 Å². The molecule has 6 nitrogen and oxygen atoms in total. The minimum absolute atomic E-state index is 0.140. The van der Waals surface area contributed by atoms with Gasteiger partial charge in [0.1, 0.15) is 5.82 Å². The standard InChI is InChI=1S/C24H30FN3O3/c25-21-8-10-22(11-9-21)26-23(29)19-27-13-15-28(16-14-27)24(30)7-4-17-31-18-12-20-5-2-1-3-6-20/h1-3,5-6,8-11H,4,7,12-19H2,(H,26,29). The predicted octanol–water partition coefficient (Wildman–Crippen LogP) is 2.95. The SMILES string of the molecule is O=C(CN1CCN(C(=O)CCCOCCc2ccccc2)CC1)Nc1ccc(F)cc1. The molecule has 1 aliphatic heterocycles. The summed E-state index contributed by atoms with van der Waals surface area (Å²) in [5.74, 6) is -0.335. The zero-order chi connectivity index (χ0) is 21.9. The van der Waals surface area contributed by atoms with Gasteiger partial charge in [-0.15, -0.1) is 0 Å². The number of piperazine rings is 1. The summed E-state index contributed by atoms with van der Waals surface area (Å²) in [7, 11) is 0. The maximum atomic E-state index is 12.9. The fourth-order valence-electron chi connectivity index (χ4n) is 3.51. The van der Waals surface area contributed by atoms with Gasteiger partial charge >= 0.3 is 0 Å². The lowest BCUT2D eigenvalue weighted by Gasteiger charge is -2.34. The Kier molecular flexibility index (Phi) is 8.99. The normalized spacial score (nSPS) is 14.4. The fraction of sp³-hybridized carbons (Fsp3) is 0.417. The summed E-state index contributed by atoms with van der Waals surface area (Å²) in [4.78, 5) is 28.4. The number of rotatable bonds is 10. The summed E-state index contributed by atoms with van der Waals surface area (Å²) in [6, 6.07) is 15.9. The largest absolute Gasteiger partial charge is 0.381 e. The maximum absolute atomic E-state index is 12.9. The number of carbonyl (C=O) groups is 2. The van der Waals surface area contributed by atoms with E-state index < -0.39 is 0 Å². The second kappa shape index (κ2) is 12.2. The molecule has 0 atom stereocenters. The number of ether oxygens (including phenoxy) is 1. The molecule has 1 aliphatic rings. The molecule has 0 spiro atoms. The van der Waals surface area contributed by atoms with E-state index in [2.05, 4.69) is 17.4 Å². The summed E-state index contributed by atoms with van der Waals surface area (Å²) < 4.78 is 18.6. The smallest absolute Gasteiger partial charge is 0.238 e. The number of halogens is 1. The molecular formula is C24H30FN3O3. The third-order valence-electron chi connectivity index (χ3n) is 5.28. The lowest BCUT2D eigenvalue weighted by Crippen LogP contribution is -2.50. The van der Waals surface area contributed by atoms with Crippen molar-refractivity contribution in [2.75, 3.05) is 51.3 Å². The third kappa shape index (κ3) is 8.11. The second-order valence-corrected chi connectivity index (χ2v) is 7.66. The van der Waals surface area contributed by atoms with E-state index in [4.69, 9.17) is 4.74 Å². The van der Waals surface area contributed by atoms with E-state index in [1.54, 1.807) is 0 Å². The topological polar surface area (TPSA) is 61.9 Å². The van der Waals surface area contributed by atoms with E-state index in [0.29, 0.717) is 57.9 Å². The van der Waals surface area contributed by atoms with Crippen LogP contribution in [0.2, 0.25) is 0 Å². The monoisotopic (exact) mass is 427 g/mol. The van der Waals surface area contributed by atoms with Crippen LogP contribution >= 0.6 is 0 Å². The number of carbonyl (C=O) groups excluding carboxylic acids is 2. The molecule has 0 radical (unpaired) electrons. The number of nitrogens with zero attached hydrogens (tertiary/aromatic N) is 2. The summed E-state index contributed by atoms with van der Waals surface area (Å²) in [5.41, 5.74) is 1.83. The lowest BCUT2D eigenvalue weighted by molar-refractivity contribution is -0.133. The number of anilines is 1. The van der Waals surface area contributed by atoms with Crippen LogP contribution in [0.15, 0.2) is 54.6 Å². The van der Waals surface area contributed by atoms with Gasteiger partial charge in [0.05, 0.1) is 13.2 Å². The number of nitrogens with one attached hydrogen (secondary N) is 1. The molecule has 1 N–H and O–H groups in total. The highest BCUT2D eigenvalue weighted by Gasteiger charge is 2.22. The van der Waals surface area contributed by atoms with Crippen molar-refractivity contribution in [2.24, 2.45) is 0 Å². The van der Waals surface area contributed by atoms with Crippen LogP contribution < -0.4 is 5.32 Å². The first kappa shape index (κ1) is 22.9. The highest BCUT2D eigenvalue weighted by Crippen LogP contribution is 2.10. The average Bonchev–Trinajstić information content (AvgIpc) is 2.79. The molecule has 166 valence electrons. The van der Waals surface area contributed by atoms with Gasteiger partial charge in [0.2, 0.25) is 11.8 Å². The first-order valence-electron chi connectivity index (χ1n) is 10.8. The van der Waals surface area contributed by atoms with Gasteiger partial charge in [0.15, 0.2) is 0 Å². The molecule has 2 amide bonds. The molecule has 2 aromatic carbocycles. The van der Waals surface area contributed by atoms with Gasteiger partial charge in [-0.1, -0.05) is 30.3 Å². The zero-order valence-corrected chi connectivity index (χ0v) is 17.8. The summed E-state index contributed by atoms with van der Waals surface area (Å²) in [6.45, 7) is 4.08. The quantitative estimate of drug-likeness (QED) is 0.593. The van der Waals surface area contributed by atoms with Gasteiger partial charge in [-0.3, -0.25) is 14.5 Å². The van der Waals surface area contributed by atoms with Crippen molar-refractivity contribution >= 4 is 17.5 Å². The zero-order valence-electron chi connectivity index (χ0n) is 17.8. The molecule has 1 fully saturated rings. The molecule has 0 bridgehead atoms. The van der Waals surface area contributed by atoms with E-state index in [0.717, 1.165) is 6.42 Å². The van der Waals surface area contributed by atoms with E-state index in [9.17, 15) is 14.0 Å². The molecular weight excluding hydrogens is 397 g/mol. The molecule has 0 aromatic heterocycles. The number of hydrogen-bond donors (Lipinski definition) is 1. The minimum Gasteiger partial charge on any atom is -0.381 e. The lowest BCUT2D eigenvalue weighted by atomic mass is 10.2. The Morgan fingerprint density at radius 3 is 2.35 bits per heavy atom. The highest BCUT2D eigenvalue weighted by atomic mass is 19.1. The van der Waals surface area contributed by atoms with Crippen molar-refractivity contribution in [3.8, 4) is 0 Å². The third-order valence-corrected chi connectivity index (χ3v) is 5.28. The van der Waals surface area contributed by atoms with Crippen molar-refractivity contribution in [3.63, 3.8) is 0 Å². The van der Waals surface area contributed by atoms with E-state index in [-0.39, 0.29) is 24.2 Å². The Hall–Kier alpha value is -2.77. The molecule has 1 saturated heterocycles. The highest BCUT2D eigenvalue weighted by molar-refractivity contribution is 5.92. The molecule has 0 unspecified atom stereocenters. The van der Waals surface area contributed by atoms with E-state index >= 15 is 0 Å². The first-order chi connectivity index (χ1) is 15.1. The fourth-order valence-corrected chi connectivity index (χ4v) is 3.51. The summed E-state index contributed by atoms with van der Waals surface area (Å²) >= 11 is 0. The maximum Gasteiger partial charge on any atom is 0.238 e. The van der Waals surface area contributed by atoms with Crippen LogP contribution in [0.3, 0.4) is 0 Å². The van der Waals surface area contributed by atoms with Crippen molar-refractivity contribution < 1.29 is 18.7 Å². The van der Waals surface area contributed by atoms with Crippen molar-refractivity contribution in [1.82, 2.24) is 9.80 Å². The van der Waals surface area contributed by atoms with Crippen LogP contribution in [0.1, 0.15) is 18.4 Å². The predicted molar refractivity (Wildman–Crippen MR) is 118 cm³/mol. The van der Waals surface area contributed by atoms with E-state index in [1.165, 1.54) is 29.8 Å². The van der Waals surface area contributed by atoms with Gasteiger partial charge in [-0.05, 0) is 42.7 Å². The van der Waals surface area contributed by atoms with Crippen LogP contribution in [0, 0.1) is 5.82 Å². The molecule has 31 heavy (non-hydrogen) atoms. The van der Waals surface area contributed by atoms with Crippen molar-refractivity contribution in [3.05, 3.63) is 66.0 Å². The van der Waals surface area contributed by atoms with Gasteiger partial charge in [0, 0.05) is 44.9 Å². The molecule has 0 aliphatic carbocycles. The number of amides is 2. The van der Waals surface area contributed by atoms with Gasteiger partial charge in [0.25, 0.3) is 0 Å². The first-order valence-corrected chi connectivity index (χ1v) is 10.8. The van der Waals surface area contributed by atoms with Gasteiger partial charge in [-0.25, -0.2) is 4.39 Å². The Morgan fingerprint density at radius 1 is 0.935 bits per heavy atom. The number of benzene rings is 2. The van der Waals surface area contributed by atoms with Gasteiger partial charge < -0.3 is 15.0 Å². The van der Waals surface area contributed by atoms with Crippen LogP contribution in [-0.4, -0.2) is 67.6 Å². The Morgan fingerprint density at radius 2 is 1.65 bits per heavy atom.